The van der Waals surface area contributed by atoms with E-state index < -0.39 is 11.9 Å². The van der Waals surface area contributed by atoms with Gasteiger partial charge < -0.3 is 24.6 Å². The van der Waals surface area contributed by atoms with Crippen LogP contribution in [0.5, 0.6) is 0 Å². The Morgan fingerprint density at radius 2 is 1.73 bits per heavy atom. The highest BCUT2D eigenvalue weighted by atomic mass is 16.6. The fourth-order valence-electron chi connectivity index (χ4n) is 4.65. The first-order valence-electron chi connectivity index (χ1n) is 13.2. The monoisotopic (exact) mass is 545 g/mol. The van der Waals surface area contributed by atoms with Crippen molar-refractivity contribution in [3.05, 3.63) is 76.6 Å². The van der Waals surface area contributed by atoms with E-state index in [0.717, 1.165) is 22.4 Å². The number of esters is 1. The van der Waals surface area contributed by atoms with Crippen LogP contribution >= 0.6 is 0 Å². The molecule has 4 rings (SSSR count). The van der Waals surface area contributed by atoms with E-state index in [1.807, 2.05) is 69.3 Å². The second kappa shape index (κ2) is 12.7. The van der Waals surface area contributed by atoms with Gasteiger partial charge in [-0.1, -0.05) is 42.5 Å². The van der Waals surface area contributed by atoms with Gasteiger partial charge >= 0.3 is 12.0 Å². The van der Waals surface area contributed by atoms with Crippen molar-refractivity contribution in [3.63, 3.8) is 0 Å². The molecule has 2 heterocycles. The van der Waals surface area contributed by atoms with Gasteiger partial charge in [-0.15, -0.1) is 0 Å². The number of aryl methyl sites for hydroxylation is 2. The second-order valence-electron chi connectivity index (χ2n) is 9.82. The third-order valence-corrected chi connectivity index (χ3v) is 7.07. The van der Waals surface area contributed by atoms with Crippen molar-refractivity contribution in [1.82, 2.24) is 19.8 Å². The normalized spacial score (nSPS) is 15.1. The first kappa shape index (κ1) is 28.7. The Kier molecular flexibility index (Phi) is 9.11. The van der Waals surface area contributed by atoms with Gasteiger partial charge in [0.1, 0.15) is 17.9 Å². The van der Waals surface area contributed by atoms with E-state index >= 15 is 0 Å². The molecule has 210 valence electrons. The molecular formula is C30H35N5O5. The Morgan fingerprint density at radius 1 is 0.975 bits per heavy atom. The summed E-state index contributed by atoms with van der Waals surface area (Å²) in [5, 5.41) is 3.00. The molecule has 2 aromatic carbocycles. The number of nitrogens with zero attached hydrogens (tertiary/aromatic N) is 4. The van der Waals surface area contributed by atoms with Crippen molar-refractivity contribution in [2.75, 3.05) is 45.3 Å². The molecule has 1 fully saturated rings. The van der Waals surface area contributed by atoms with Gasteiger partial charge in [-0.25, -0.2) is 19.6 Å². The number of urea groups is 1. The Morgan fingerprint density at radius 3 is 2.42 bits per heavy atom. The van der Waals surface area contributed by atoms with Crippen LogP contribution in [0.3, 0.4) is 0 Å². The lowest BCUT2D eigenvalue weighted by atomic mass is 10.1. The van der Waals surface area contributed by atoms with Crippen molar-refractivity contribution in [1.29, 1.82) is 0 Å². The number of aromatic nitrogens is 2. The van der Waals surface area contributed by atoms with Crippen molar-refractivity contribution >= 4 is 23.6 Å². The van der Waals surface area contributed by atoms with Crippen LogP contribution in [0.2, 0.25) is 0 Å². The molecule has 0 spiro atoms. The van der Waals surface area contributed by atoms with E-state index in [0.29, 0.717) is 18.1 Å². The second-order valence-corrected chi connectivity index (χ2v) is 9.82. The van der Waals surface area contributed by atoms with E-state index in [-0.39, 0.29) is 49.6 Å². The molecule has 0 aliphatic carbocycles. The fourth-order valence-corrected chi connectivity index (χ4v) is 4.65. The summed E-state index contributed by atoms with van der Waals surface area (Å²) in [6, 6.07) is 14.6. The Balaban J connectivity index is 1.57. The molecule has 1 aliphatic rings. The molecule has 0 saturated carbocycles. The third kappa shape index (κ3) is 6.28. The van der Waals surface area contributed by atoms with E-state index in [4.69, 9.17) is 9.47 Å². The summed E-state index contributed by atoms with van der Waals surface area (Å²) in [6.45, 7) is 8.67. The summed E-state index contributed by atoms with van der Waals surface area (Å²) >= 11 is 0. The average Bonchev–Trinajstić information content (AvgIpc) is 2.95. The standard InChI is InChI=1S/C30H35N5O5/c1-19-10-9-13-24(21(19)3)32-30(38)35-15-14-34(18-20(35)2)28(36)26-25(29(37)40-17-16-39-5)22(4)31-27(33-26)23-11-7-6-8-12-23/h6-13,20H,14-18H2,1-5H3,(H,32,38). The van der Waals surface area contributed by atoms with Gasteiger partial charge in [-0.2, -0.15) is 0 Å². The molecule has 1 aromatic heterocycles. The van der Waals surface area contributed by atoms with Crippen LogP contribution in [0.15, 0.2) is 48.5 Å². The lowest BCUT2D eigenvalue weighted by Crippen LogP contribution is -2.56. The minimum atomic E-state index is -0.683. The average molecular weight is 546 g/mol. The summed E-state index contributed by atoms with van der Waals surface area (Å²) in [5.41, 5.74) is 3.94. The molecule has 0 bridgehead atoms. The number of benzene rings is 2. The van der Waals surface area contributed by atoms with E-state index in [1.165, 1.54) is 7.11 Å². The van der Waals surface area contributed by atoms with Crippen LogP contribution < -0.4 is 5.32 Å². The number of hydrogen-bond donors (Lipinski definition) is 1. The maximum Gasteiger partial charge on any atom is 0.342 e. The SMILES string of the molecule is COCCOC(=O)c1c(C)nc(-c2ccccc2)nc1C(=O)N1CCN(C(=O)Nc2cccc(C)c2C)C(C)C1. The molecule has 0 radical (unpaired) electrons. The quantitative estimate of drug-likeness (QED) is 0.349. The lowest BCUT2D eigenvalue weighted by Gasteiger charge is -2.39. The summed E-state index contributed by atoms with van der Waals surface area (Å²) in [5.74, 6) is -0.755. The van der Waals surface area contributed by atoms with Gasteiger partial charge in [-0.05, 0) is 44.9 Å². The third-order valence-electron chi connectivity index (χ3n) is 7.07. The summed E-state index contributed by atoms with van der Waals surface area (Å²) < 4.78 is 10.3. The number of anilines is 1. The van der Waals surface area contributed by atoms with E-state index in [2.05, 4.69) is 15.3 Å². The number of carbonyl (C=O) groups is 3. The molecule has 3 amide bonds. The largest absolute Gasteiger partial charge is 0.460 e. The fraction of sp³-hybridized carbons (Fsp3) is 0.367. The molecule has 1 N–H and O–H groups in total. The first-order chi connectivity index (χ1) is 19.2. The Bertz CT molecular complexity index is 1390. The molecule has 1 unspecified atom stereocenters. The highest BCUT2D eigenvalue weighted by Crippen LogP contribution is 2.24. The van der Waals surface area contributed by atoms with Crippen molar-refractivity contribution in [3.8, 4) is 11.4 Å². The van der Waals surface area contributed by atoms with Crippen LogP contribution in [0.25, 0.3) is 11.4 Å². The van der Waals surface area contributed by atoms with Crippen LogP contribution in [0.1, 0.15) is 44.6 Å². The molecule has 1 aliphatic heterocycles. The number of rotatable bonds is 7. The number of hydrogen-bond acceptors (Lipinski definition) is 7. The van der Waals surface area contributed by atoms with Gasteiger partial charge in [0.25, 0.3) is 5.91 Å². The van der Waals surface area contributed by atoms with Crippen LogP contribution in [-0.4, -0.2) is 83.7 Å². The van der Waals surface area contributed by atoms with E-state index in [9.17, 15) is 14.4 Å². The number of methoxy groups -OCH3 is 1. The lowest BCUT2D eigenvalue weighted by molar-refractivity contribution is 0.0378. The topological polar surface area (TPSA) is 114 Å². The molecule has 40 heavy (non-hydrogen) atoms. The van der Waals surface area contributed by atoms with Crippen LogP contribution in [0.4, 0.5) is 10.5 Å². The number of nitrogens with one attached hydrogen (secondary N) is 1. The number of ether oxygens (including phenoxy) is 2. The Labute approximate surface area is 234 Å². The smallest absolute Gasteiger partial charge is 0.342 e. The maximum atomic E-state index is 13.9. The van der Waals surface area contributed by atoms with E-state index in [1.54, 1.807) is 16.7 Å². The number of amides is 3. The zero-order valence-electron chi connectivity index (χ0n) is 23.6. The zero-order valence-corrected chi connectivity index (χ0v) is 23.6. The molecular weight excluding hydrogens is 510 g/mol. The van der Waals surface area contributed by atoms with Gasteiger partial charge in [0.2, 0.25) is 0 Å². The molecule has 10 heteroatoms. The van der Waals surface area contributed by atoms with Crippen LogP contribution in [0, 0.1) is 20.8 Å². The van der Waals surface area contributed by atoms with Crippen molar-refractivity contribution in [2.45, 2.75) is 33.7 Å². The zero-order chi connectivity index (χ0) is 28.8. The number of piperazine rings is 1. The minimum Gasteiger partial charge on any atom is -0.460 e. The maximum absolute atomic E-state index is 13.9. The predicted molar refractivity (Wildman–Crippen MR) is 151 cm³/mol. The molecule has 10 nitrogen and oxygen atoms in total. The van der Waals surface area contributed by atoms with Crippen molar-refractivity contribution in [2.24, 2.45) is 0 Å². The summed E-state index contributed by atoms with van der Waals surface area (Å²) in [7, 11) is 1.51. The summed E-state index contributed by atoms with van der Waals surface area (Å²) in [4.78, 5) is 52.4. The van der Waals surface area contributed by atoms with Gasteiger partial charge in [0.15, 0.2) is 5.82 Å². The van der Waals surface area contributed by atoms with Gasteiger partial charge in [0, 0.05) is 44.0 Å². The predicted octanol–water partition coefficient (Wildman–Crippen LogP) is 4.25. The molecule has 1 atom stereocenters. The minimum absolute atomic E-state index is 0.0192. The van der Waals surface area contributed by atoms with Crippen LogP contribution in [-0.2, 0) is 9.47 Å². The first-order valence-corrected chi connectivity index (χ1v) is 13.2. The molecule has 1 saturated heterocycles. The highest BCUT2D eigenvalue weighted by Gasteiger charge is 2.34. The van der Waals surface area contributed by atoms with Crippen molar-refractivity contribution < 1.29 is 23.9 Å². The highest BCUT2D eigenvalue weighted by molar-refractivity contribution is 6.05. The number of carbonyl (C=O) groups excluding carboxylic acids is 3. The van der Waals surface area contributed by atoms with Gasteiger partial charge in [-0.3, -0.25) is 4.79 Å². The molecule has 3 aromatic rings. The Hall–Kier alpha value is -4.31. The van der Waals surface area contributed by atoms with Gasteiger partial charge in [0.05, 0.1) is 12.3 Å². The summed E-state index contributed by atoms with van der Waals surface area (Å²) in [6.07, 6.45) is 0.